The van der Waals surface area contributed by atoms with E-state index in [9.17, 15) is 31.1 Å². The first-order chi connectivity index (χ1) is 8.05. The summed E-state index contributed by atoms with van der Waals surface area (Å²) in [5.41, 5.74) is 4.20. The summed E-state index contributed by atoms with van der Waals surface area (Å²) in [5.74, 6) is -9.49. The lowest BCUT2D eigenvalue weighted by Gasteiger charge is -2.18. The summed E-state index contributed by atoms with van der Waals surface area (Å²) in [7, 11) is 0. The summed E-state index contributed by atoms with van der Waals surface area (Å²) in [5, 5.41) is 1.13. The summed E-state index contributed by atoms with van der Waals surface area (Å²) in [4.78, 5) is 10.8. The van der Waals surface area contributed by atoms with E-state index >= 15 is 0 Å². The minimum Gasteiger partial charge on any atom is -0.399 e. The Morgan fingerprint density at radius 2 is 1.72 bits per heavy atom. The zero-order valence-corrected chi connectivity index (χ0v) is 8.49. The molecule has 0 atom stereocenters. The van der Waals surface area contributed by atoms with Crippen molar-refractivity contribution < 1.29 is 31.1 Å². The fraction of sp³-hybridized carbons (Fsp3) is 0.222. The molecule has 9 heteroatoms. The summed E-state index contributed by atoms with van der Waals surface area (Å²) < 4.78 is 73.6. The molecule has 0 saturated carbocycles. The first-order valence-corrected chi connectivity index (χ1v) is 4.36. The van der Waals surface area contributed by atoms with Crippen LogP contribution >= 0.6 is 0 Å². The summed E-state index contributed by atoms with van der Waals surface area (Å²) >= 11 is 0. The Hall–Kier alpha value is -1.93. The Morgan fingerprint density at radius 1 is 1.17 bits per heavy atom. The third-order valence-electron chi connectivity index (χ3n) is 1.88. The Bertz CT molecular complexity index is 471. The molecule has 1 aromatic rings. The number of halogens is 6. The van der Waals surface area contributed by atoms with E-state index in [1.54, 1.807) is 0 Å². The van der Waals surface area contributed by atoms with Crippen molar-refractivity contribution in [1.82, 2.24) is 0 Å². The number of nitrogens with one attached hydrogen (secondary N) is 1. The van der Waals surface area contributed by atoms with Crippen LogP contribution in [0.1, 0.15) is 0 Å². The number of carbonyl (C=O) groups is 1. The van der Waals surface area contributed by atoms with E-state index < -0.39 is 29.5 Å². The Labute approximate surface area is 96.6 Å². The van der Waals surface area contributed by atoms with Crippen molar-refractivity contribution in [3.63, 3.8) is 0 Å². The highest BCUT2D eigenvalue weighted by atomic mass is 19.4. The monoisotopic (exact) mass is 272 g/mol. The molecule has 0 aliphatic rings. The molecular formula is C9H6F6N2O. The number of carbonyl (C=O) groups excluding carboxylic acids is 1. The van der Waals surface area contributed by atoms with Gasteiger partial charge in [0, 0.05) is 5.69 Å². The van der Waals surface area contributed by atoms with Crippen molar-refractivity contribution in [2.24, 2.45) is 0 Å². The highest BCUT2D eigenvalue weighted by Gasteiger charge is 2.63. The second-order valence-electron chi connectivity index (χ2n) is 3.27. The Kier molecular flexibility index (Phi) is 3.45. The van der Waals surface area contributed by atoms with Gasteiger partial charge in [0.05, 0.1) is 5.69 Å². The molecule has 3 nitrogen and oxygen atoms in total. The maximum atomic E-state index is 13.0. The van der Waals surface area contributed by atoms with Crippen LogP contribution in [0.2, 0.25) is 0 Å². The van der Waals surface area contributed by atoms with Gasteiger partial charge in [-0.25, -0.2) is 4.39 Å². The summed E-state index contributed by atoms with van der Waals surface area (Å²) in [6.45, 7) is 0. The van der Waals surface area contributed by atoms with E-state index in [4.69, 9.17) is 5.73 Å². The molecule has 0 radical (unpaired) electrons. The molecule has 0 heterocycles. The van der Waals surface area contributed by atoms with E-state index in [1.807, 2.05) is 0 Å². The number of alkyl halides is 5. The van der Waals surface area contributed by atoms with Gasteiger partial charge in [0.25, 0.3) is 0 Å². The lowest BCUT2D eigenvalue weighted by atomic mass is 10.2. The fourth-order valence-electron chi connectivity index (χ4n) is 0.968. The number of benzene rings is 1. The van der Waals surface area contributed by atoms with Gasteiger partial charge in [-0.1, -0.05) is 0 Å². The van der Waals surface area contributed by atoms with Gasteiger partial charge in [-0.05, 0) is 18.2 Å². The number of anilines is 2. The van der Waals surface area contributed by atoms with E-state index in [0.29, 0.717) is 0 Å². The van der Waals surface area contributed by atoms with E-state index in [1.165, 1.54) is 0 Å². The van der Waals surface area contributed by atoms with Gasteiger partial charge in [-0.15, -0.1) is 0 Å². The van der Waals surface area contributed by atoms with Crippen LogP contribution in [0, 0.1) is 5.82 Å². The number of rotatable bonds is 2. The molecule has 0 bridgehead atoms. The SMILES string of the molecule is Nc1ccc(F)c(NC(=O)C(F)(F)C(F)(F)F)c1. The molecule has 0 aliphatic heterocycles. The zero-order valence-electron chi connectivity index (χ0n) is 8.49. The molecule has 0 saturated heterocycles. The summed E-state index contributed by atoms with van der Waals surface area (Å²) in [6, 6.07) is 2.49. The largest absolute Gasteiger partial charge is 0.463 e. The first kappa shape index (κ1) is 14.1. The standard InChI is InChI=1S/C9H6F6N2O/c10-5-2-1-4(16)3-6(5)17-7(18)8(11,12)9(13,14)15/h1-3H,16H2,(H,17,18). The van der Waals surface area contributed by atoms with Crippen LogP contribution in [-0.4, -0.2) is 18.0 Å². The van der Waals surface area contributed by atoms with Crippen LogP contribution < -0.4 is 11.1 Å². The molecule has 0 aromatic heterocycles. The van der Waals surface area contributed by atoms with Gasteiger partial charge < -0.3 is 11.1 Å². The second kappa shape index (κ2) is 4.39. The quantitative estimate of drug-likeness (QED) is 0.642. The minimum atomic E-state index is -6.06. The molecule has 1 aromatic carbocycles. The van der Waals surface area contributed by atoms with Crippen LogP contribution in [-0.2, 0) is 4.79 Å². The van der Waals surface area contributed by atoms with Gasteiger partial charge in [-0.2, -0.15) is 22.0 Å². The lowest BCUT2D eigenvalue weighted by molar-refractivity contribution is -0.267. The van der Waals surface area contributed by atoms with E-state index in [-0.39, 0.29) is 5.69 Å². The number of hydrogen-bond acceptors (Lipinski definition) is 2. The predicted molar refractivity (Wildman–Crippen MR) is 50.4 cm³/mol. The number of hydrogen-bond donors (Lipinski definition) is 2. The third kappa shape index (κ3) is 2.66. The normalized spacial score (nSPS) is 12.3. The topological polar surface area (TPSA) is 55.1 Å². The van der Waals surface area contributed by atoms with Crippen molar-refractivity contribution in [2.45, 2.75) is 12.1 Å². The maximum Gasteiger partial charge on any atom is 0.463 e. The molecule has 0 aliphatic carbocycles. The summed E-state index contributed by atoms with van der Waals surface area (Å²) in [6.07, 6.45) is -6.06. The van der Waals surface area contributed by atoms with E-state index in [2.05, 4.69) is 0 Å². The van der Waals surface area contributed by atoms with Gasteiger partial charge >= 0.3 is 18.0 Å². The maximum absolute atomic E-state index is 13.0. The van der Waals surface area contributed by atoms with Crippen molar-refractivity contribution in [3.05, 3.63) is 24.0 Å². The van der Waals surface area contributed by atoms with Crippen molar-refractivity contribution in [1.29, 1.82) is 0 Å². The average molecular weight is 272 g/mol. The van der Waals surface area contributed by atoms with Gasteiger partial charge in [-0.3, -0.25) is 4.79 Å². The van der Waals surface area contributed by atoms with Crippen LogP contribution in [0.15, 0.2) is 18.2 Å². The van der Waals surface area contributed by atoms with Crippen molar-refractivity contribution >= 4 is 17.3 Å². The highest BCUT2D eigenvalue weighted by Crippen LogP contribution is 2.36. The van der Waals surface area contributed by atoms with Crippen LogP contribution in [0.4, 0.5) is 37.7 Å². The van der Waals surface area contributed by atoms with Gasteiger partial charge in [0.15, 0.2) is 0 Å². The lowest BCUT2D eigenvalue weighted by Crippen LogP contribution is -2.47. The third-order valence-corrected chi connectivity index (χ3v) is 1.88. The van der Waals surface area contributed by atoms with Crippen LogP contribution in [0.5, 0.6) is 0 Å². The zero-order chi connectivity index (χ0) is 14.1. The second-order valence-corrected chi connectivity index (χ2v) is 3.27. The highest BCUT2D eigenvalue weighted by molar-refractivity contribution is 5.97. The van der Waals surface area contributed by atoms with Gasteiger partial charge in [0.1, 0.15) is 5.82 Å². The molecule has 18 heavy (non-hydrogen) atoms. The minimum absolute atomic E-state index is 0.109. The molecule has 0 spiro atoms. The smallest absolute Gasteiger partial charge is 0.399 e. The molecular weight excluding hydrogens is 266 g/mol. The molecule has 3 N–H and O–H groups in total. The predicted octanol–water partition coefficient (Wildman–Crippen LogP) is 2.54. The van der Waals surface area contributed by atoms with Crippen LogP contribution in [0.25, 0.3) is 0 Å². The first-order valence-electron chi connectivity index (χ1n) is 4.36. The van der Waals surface area contributed by atoms with E-state index in [0.717, 1.165) is 23.5 Å². The van der Waals surface area contributed by atoms with Crippen molar-refractivity contribution in [2.75, 3.05) is 11.1 Å². The fourth-order valence-corrected chi connectivity index (χ4v) is 0.968. The number of amides is 1. The van der Waals surface area contributed by atoms with Crippen molar-refractivity contribution in [3.8, 4) is 0 Å². The molecule has 1 amide bonds. The molecule has 0 unspecified atom stereocenters. The number of nitrogen functional groups attached to an aromatic ring is 1. The molecule has 100 valence electrons. The molecule has 0 fully saturated rings. The molecule has 1 rings (SSSR count). The Balaban J connectivity index is 2.98. The number of nitrogens with two attached hydrogens (primary N) is 1. The van der Waals surface area contributed by atoms with Gasteiger partial charge in [0.2, 0.25) is 0 Å². The van der Waals surface area contributed by atoms with Crippen LogP contribution in [0.3, 0.4) is 0 Å². The Morgan fingerprint density at radius 3 is 2.22 bits per heavy atom. The average Bonchev–Trinajstić information content (AvgIpc) is 2.21.